The first-order chi connectivity index (χ1) is 25.6. The molecule has 0 fully saturated rings. The average Bonchev–Trinajstić information content (AvgIpc) is 3.75. The van der Waals surface area contributed by atoms with E-state index in [9.17, 15) is 9.18 Å². The van der Waals surface area contributed by atoms with Gasteiger partial charge in [-0.2, -0.15) is 10.2 Å². The number of hydrogen-bond donors (Lipinski definition) is 0. The highest BCUT2D eigenvalue weighted by Crippen LogP contribution is 2.45. The molecule has 0 N–H and O–H groups in total. The van der Waals surface area contributed by atoms with Crippen molar-refractivity contribution in [3.8, 4) is 16.9 Å². The van der Waals surface area contributed by atoms with Crippen LogP contribution in [0, 0.1) is 19.7 Å². The van der Waals surface area contributed by atoms with Gasteiger partial charge >= 0.3 is 5.97 Å². The van der Waals surface area contributed by atoms with Gasteiger partial charge in [0.1, 0.15) is 23.4 Å². The molecule has 1 aliphatic rings. The Morgan fingerprint density at radius 1 is 1.02 bits per heavy atom. The number of aryl methyl sites for hydroxylation is 6. The fourth-order valence-corrected chi connectivity index (χ4v) is 7.95. The minimum atomic E-state index is -0.435. The van der Waals surface area contributed by atoms with E-state index in [1.807, 2.05) is 66.1 Å². The molecule has 6 aromatic rings. The van der Waals surface area contributed by atoms with E-state index in [-0.39, 0.29) is 12.4 Å². The van der Waals surface area contributed by atoms with Crippen LogP contribution in [0.1, 0.15) is 69.8 Å². The third kappa shape index (κ3) is 7.05. The largest absolute Gasteiger partial charge is 0.493 e. The molecule has 8 bridgehead atoms. The topological polar surface area (TPSA) is 94.6 Å². The van der Waals surface area contributed by atoms with Gasteiger partial charge < -0.3 is 23.5 Å². The predicted octanol–water partition coefficient (Wildman–Crippen LogP) is 8.38. The number of carbonyl (C=O) groups is 1. The van der Waals surface area contributed by atoms with Gasteiger partial charge in [0.2, 0.25) is 0 Å². The van der Waals surface area contributed by atoms with Gasteiger partial charge in [0.25, 0.3) is 0 Å². The minimum absolute atomic E-state index is 0.271. The van der Waals surface area contributed by atoms with Crippen LogP contribution in [0.5, 0.6) is 5.75 Å². The molecule has 0 saturated carbocycles. The number of aromatic nitrogens is 5. The standard InChI is InChI=1S/C41H45ClFN5O5/c1-24-36-33-15-14-32(42)38(36)37-25(2)46(3)45-39(37)34(9-7-17-50-5)53-23-29-22-30(47(4)44-29)12-10-26-19-27-21-28(43)11-13-31(27)35(20-26)52-18-8-16-48(33)40(24)41(49)51-6/h11,13-15,19-22,34H,7-10,12,16-18,23H2,1-6H3. The van der Waals surface area contributed by atoms with Crippen molar-refractivity contribution in [2.75, 3.05) is 27.4 Å². The summed E-state index contributed by atoms with van der Waals surface area (Å²) in [6.45, 7) is 5.65. The van der Waals surface area contributed by atoms with E-state index in [0.29, 0.717) is 55.5 Å². The SMILES string of the molecule is COCCCC1OCc2cc(n(C)n2)CCc2cc(c3ccc(F)cc3c2)OCCCn2c(C(=O)OC)c(C)c3c(c(Cl)ccc32)-c2c1nn(C)c2C. The molecule has 12 heteroatoms. The Bertz CT molecular complexity index is 2330. The summed E-state index contributed by atoms with van der Waals surface area (Å²) in [6, 6.07) is 14.8. The van der Waals surface area contributed by atoms with Crippen LogP contribution in [0.15, 0.2) is 48.5 Å². The summed E-state index contributed by atoms with van der Waals surface area (Å²) >= 11 is 7.16. The quantitative estimate of drug-likeness (QED) is 0.129. The number of methoxy groups -OCH3 is 2. The second-order valence-electron chi connectivity index (χ2n) is 13.7. The van der Waals surface area contributed by atoms with E-state index >= 15 is 0 Å². The molecule has 3 aromatic heterocycles. The fourth-order valence-electron chi connectivity index (χ4n) is 7.70. The van der Waals surface area contributed by atoms with Crippen LogP contribution in [0.2, 0.25) is 5.02 Å². The van der Waals surface area contributed by atoms with Crippen molar-refractivity contribution >= 4 is 39.2 Å². The lowest BCUT2D eigenvalue weighted by atomic mass is 9.94. The average molecular weight is 742 g/mol. The van der Waals surface area contributed by atoms with Crippen molar-refractivity contribution in [1.29, 1.82) is 0 Å². The Morgan fingerprint density at radius 2 is 1.85 bits per heavy atom. The molecule has 0 spiro atoms. The monoisotopic (exact) mass is 741 g/mol. The molecule has 10 nitrogen and oxygen atoms in total. The summed E-state index contributed by atoms with van der Waals surface area (Å²) in [5, 5.41) is 12.9. The third-order valence-corrected chi connectivity index (χ3v) is 10.7. The zero-order valence-corrected chi connectivity index (χ0v) is 31.8. The van der Waals surface area contributed by atoms with Crippen LogP contribution in [0.4, 0.5) is 4.39 Å². The number of esters is 1. The van der Waals surface area contributed by atoms with E-state index in [4.69, 9.17) is 40.7 Å². The maximum atomic E-state index is 14.4. The van der Waals surface area contributed by atoms with Gasteiger partial charge in [-0.3, -0.25) is 9.36 Å². The molecule has 0 amide bonds. The van der Waals surface area contributed by atoms with Crippen LogP contribution >= 0.6 is 11.6 Å². The maximum absolute atomic E-state index is 14.4. The van der Waals surface area contributed by atoms with E-state index in [1.165, 1.54) is 13.2 Å². The van der Waals surface area contributed by atoms with Crippen molar-refractivity contribution in [1.82, 2.24) is 24.1 Å². The second kappa shape index (κ2) is 15.3. The molecule has 1 unspecified atom stereocenters. The van der Waals surface area contributed by atoms with Gasteiger partial charge in [-0.25, -0.2) is 9.18 Å². The van der Waals surface area contributed by atoms with E-state index in [1.54, 1.807) is 19.2 Å². The van der Waals surface area contributed by atoms with Crippen LogP contribution in [-0.2, 0) is 54.3 Å². The molecule has 0 radical (unpaired) electrons. The molecule has 1 aliphatic heterocycles. The van der Waals surface area contributed by atoms with Crippen molar-refractivity contribution in [3.05, 3.63) is 99.0 Å². The molecular formula is C41H45ClFN5O5. The number of nitrogens with zero attached hydrogens (tertiary/aromatic N) is 5. The summed E-state index contributed by atoms with van der Waals surface area (Å²) in [5.41, 5.74) is 8.32. The fraction of sp³-hybridized carbons (Fsp3) is 0.390. The van der Waals surface area contributed by atoms with E-state index < -0.39 is 12.1 Å². The lowest BCUT2D eigenvalue weighted by molar-refractivity contribution is 0.0232. The summed E-state index contributed by atoms with van der Waals surface area (Å²) in [7, 11) is 6.95. The van der Waals surface area contributed by atoms with Gasteiger partial charge in [0.15, 0.2) is 0 Å². The lowest BCUT2D eigenvalue weighted by Gasteiger charge is -2.19. The highest BCUT2D eigenvalue weighted by molar-refractivity contribution is 6.35. The third-order valence-electron chi connectivity index (χ3n) is 10.4. The number of fused-ring (bicyclic) bond motifs is 8. The van der Waals surface area contributed by atoms with Crippen molar-refractivity contribution in [2.24, 2.45) is 14.1 Å². The predicted molar refractivity (Wildman–Crippen MR) is 203 cm³/mol. The lowest BCUT2D eigenvalue weighted by Crippen LogP contribution is -2.13. The van der Waals surface area contributed by atoms with Crippen LogP contribution in [0.25, 0.3) is 32.8 Å². The second-order valence-corrected chi connectivity index (χ2v) is 14.2. The number of carbonyl (C=O) groups excluding carboxylic acids is 1. The number of halogens is 2. The van der Waals surface area contributed by atoms with Crippen LogP contribution in [-0.4, -0.2) is 57.5 Å². The molecule has 4 heterocycles. The number of hydrogen-bond acceptors (Lipinski definition) is 7. The normalized spacial score (nSPS) is 15.4. The van der Waals surface area contributed by atoms with E-state index in [0.717, 1.165) is 79.5 Å². The summed E-state index contributed by atoms with van der Waals surface area (Å²) in [4.78, 5) is 13.5. The van der Waals surface area contributed by atoms with Gasteiger partial charge in [-0.05, 0) is 105 Å². The minimum Gasteiger partial charge on any atom is -0.493 e. The molecule has 7 rings (SSSR count). The molecule has 0 saturated heterocycles. The zero-order chi connectivity index (χ0) is 37.4. The molecule has 3 aromatic carbocycles. The highest BCUT2D eigenvalue weighted by atomic mass is 35.5. The van der Waals surface area contributed by atoms with Crippen LogP contribution in [0.3, 0.4) is 0 Å². The molecule has 1 atom stereocenters. The number of rotatable bonds is 5. The van der Waals surface area contributed by atoms with Crippen LogP contribution < -0.4 is 4.74 Å². The Balaban J connectivity index is 1.40. The highest BCUT2D eigenvalue weighted by Gasteiger charge is 2.30. The van der Waals surface area contributed by atoms with Gasteiger partial charge in [-0.1, -0.05) is 17.7 Å². The first-order valence-corrected chi connectivity index (χ1v) is 18.4. The first kappa shape index (κ1) is 36.6. The summed E-state index contributed by atoms with van der Waals surface area (Å²) in [6.07, 6.45) is 3.02. The Morgan fingerprint density at radius 3 is 2.64 bits per heavy atom. The van der Waals surface area contributed by atoms with Crippen molar-refractivity contribution in [3.63, 3.8) is 0 Å². The molecule has 278 valence electrons. The molecular weight excluding hydrogens is 697 g/mol. The zero-order valence-electron chi connectivity index (χ0n) is 31.1. The Kier molecular flexibility index (Phi) is 10.6. The van der Waals surface area contributed by atoms with Gasteiger partial charge in [-0.15, -0.1) is 0 Å². The Hall–Kier alpha value is -4.71. The summed E-state index contributed by atoms with van der Waals surface area (Å²) < 4.78 is 44.1. The number of ether oxygens (including phenoxy) is 4. The summed E-state index contributed by atoms with van der Waals surface area (Å²) in [5.74, 6) is -0.0416. The smallest absolute Gasteiger partial charge is 0.354 e. The van der Waals surface area contributed by atoms with Crippen molar-refractivity contribution in [2.45, 2.75) is 65.2 Å². The first-order valence-electron chi connectivity index (χ1n) is 18.0. The van der Waals surface area contributed by atoms with Gasteiger partial charge in [0, 0.05) is 78.2 Å². The Labute approximate surface area is 313 Å². The maximum Gasteiger partial charge on any atom is 0.354 e. The number of benzene rings is 3. The molecule has 0 aliphatic carbocycles. The van der Waals surface area contributed by atoms with Crippen molar-refractivity contribution < 1.29 is 28.1 Å². The van der Waals surface area contributed by atoms with E-state index in [2.05, 4.69) is 6.07 Å². The molecule has 53 heavy (non-hydrogen) atoms. The van der Waals surface area contributed by atoms with Gasteiger partial charge in [0.05, 0.1) is 31.7 Å².